The molecule has 0 spiro atoms. The van der Waals surface area contributed by atoms with E-state index in [0.717, 1.165) is 7.11 Å². The second-order valence-electron chi connectivity index (χ2n) is 4.28. The van der Waals surface area contributed by atoms with Crippen LogP contribution in [0.4, 0.5) is 14.9 Å². The lowest BCUT2D eigenvalue weighted by atomic mass is 10.2. The number of anilines is 1. The van der Waals surface area contributed by atoms with E-state index in [2.05, 4.69) is 10.1 Å². The summed E-state index contributed by atoms with van der Waals surface area (Å²) < 4.78 is 23.2. The Morgan fingerprint density at radius 2 is 2.05 bits per heavy atom. The summed E-state index contributed by atoms with van der Waals surface area (Å²) >= 11 is 0. The van der Waals surface area contributed by atoms with Gasteiger partial charge in [-0.2, -0.15) is 0 Å². The quantitative estimate of drug-likeness (QED) is 0.854. The number of halogens is 1. The summed E-state index contributed by atoms with van der Waals surface area (Å²) in [4.78, 5) is 22.7. The lowest BCUT2D eigenvalue weighted by molar-refractivity contribution is 0.0595. The van der Waals surface area contributed by atoms with E-state index in [-0.39, 0.29) is 23.8 Å². The molecule has 0 saturated carbocycles. The molecule has 0 atom stereocenters. The average molecular weight is 269 g/mol. The fourth-order valence-electron chi connectivity index (χ4n) is 1.28. The van der Waals surface area contributed by atoms with Crippen molar-refractivity contribution in [3.63, 3.8) is 0 Å². The largest absolute Gasteiger partial charge is 0.465 e. The molecule has 19 heavy (non-hydrogen) atoms. The summed E-state index contributed by atoms with van der Waals surface area (Å²) in [5.74, 6) is -1.48. The maximum atomic E-state index is 13.9. The summed E-state index contributed by atoms with van der Waals surface area (Å²) in [5, 5.41) is 2.24. The smallest absolute Gasteiger partial charge is 0.411 e. The van der Waals surface area contributed by atoms with E-state index in [1.54, 1.807) is 0 Å². The van der Waals surface area contributed by atoms with Crippen LogP contribution in [0.2, 0.25) is 0 Å². The van der Waals surface area contributed by atoms with Crippen LogP contribution in [-0.4, -0.2) is 25.8 Å². The number of benzene rings is 1. The molecule has 5 nitrogen and oxygen atoms in total. The number of carbonyl (C=O) groups excluding carboxylic acids is 2. The van der Waals surface area contributed by atoms with Crippen LogP contribution in [0, 0.1) is 11.7 Å². The molecule has 0 aromatic heterocycles. The zero-order valence-electron chi connectivity index (χ0n) is 11.0. The number of amides is 1. The standard InChI is InChI=1S/C13H16FNO4/c1-8(2)7-19-13(17)15-10-6-4-5-9(11(10)14)12(16)18-3/h4-6,8H,7H2,1-3H3,(H,15,17). The Labute approximate surface area is 110 Å². The summed E-state index contributed by atoms with van der Waals surface area (Å²) in [7, 11) is 1.15. The van der Waals surface area contributed by atoms with Crippen molar-refractivity contribution in [3.05, 3.63) is 29.6 Å². The number of hydrogen-bond acceptors (Lipinski definition) is 4. The Morgan fingerprint density at radius 3 is 2.63 bits per heavy atom. The summed E-state index contributed by atoms with van der Waals surface area (Å²) in [5.41, 5.74) is -0.374. The Balaban J connectivity index is 2.79. The highest BCUT2D eigenvalue weighted by molar-refractivity contribution is 5.93. The van der Waals surface area contributed by atoms with E-state index >= 15 is 0 Å². The van der Waals surface area contributed by atoms with Crippen molar-refractivity contribution in [1.82, 2.24) is 0 Å². The molecule has 1 rings (SSSR count). The first-order valence-electron chi connectivity index (χ1n) is 5.76. The molecular weight excluding hydrogens is 253 g/mol. The number of ether oxygens (including phenoxy) is 2. The minimum Gasteiger partial charge on any atom is -0.465 e. The molecule has 0 bridgehead atoms. The van der Waals surface area contributed by atoms with Crippen molar-refractivity contribution in [2.24, 2.45) is 5.92 Å². The van der Waals surface area contributed by atoms with E-state index in [1.165, 1.54) is 18.2 Å². The fourth-order valence-corrected chi connectivity index (χ4v) is 1.28. The van der Waals surface area contributed by atoms with E-state index in [1.807, 2.05) is 13.8 Å². The molecule has 0 aliphatic rings. The minimum absolute atomic E-state index is 0.128. The van der Waals surface area contributed by atoms with Crippen molar-refractivity contribution in [2.75, 3.05) is 19.0 Å². The molecule has 1 amide bonds. The van der Waals surface area contributed by atoms with Gasteiger partial charge in [0.1, 0.15) is 0 Å². The van der Waals surface area contributed by atoms with Crippen molar-refractivity contribution < 1.29 is 23.5 Å². The lowest BCUT2D eigenvalue weighted by Gasteiger charge is -2.10. The molecule has 104 valence electrons. The Bertz CT molecular complexity index is 474. The molecule has 1 aromatic rings. The minimum atomic E-state index is -0.851. The van der Waals surface area contributed by atoms with Gasteiger partial charge in [-0.1, -0.05) is 19.9 Å². The van der Waals surface area contributed by atoms with Crippen LogP contribution >= 0.6 is 0 Å². The molecular formula is C13H16FNO4. The van der Waals surface area contributed by atoms with E-state index in [9.17, 15) is 14.0 Å². The summed E-state index contributed by atoms with van der Waals surface area (Å²) in [6.45, 7) is 3.99. The van der Waals surface area contributed by atoms with Gasteiger partial charge in [0.05, 0.1) is 25.0 Å². The van der Waals surface area contributed by atoms with Gasteiger partial charge in [0.15, 0.2) is 5.82 Å². The van der Waals surface area contributed by atoms with Crippen molar-refractivity contribution >= 4 is 17.7 Å². The molecule has 6 heteroatoms. The van der Waals surface area contributed by atoms with Gasteiger partial charge < -0.3 is 9.47 Å². The maximum Gasteiger partial charge on any atom is 0.411 e. The van der Waals surface area contributed by atoms with Gasteiger partial charge in [0.2, 0.25) is 0 Å². The number of carbonyl (C=O) groups is 2. The Kier molecular flexibility index (Phi) is 5.29. The molecule has 0 fully saturated rings. The highest BCUT2D eigenvalue weighted by Gasteiger charge is 2.17. The highest BCUT2D eigenvalue weighted by Crippen LogP contribution is 2.19. The van der Waals surface area contributed by atoms with Crippen LogP contribution in [0.3, 0.4) is 0 Å². The van der Waals surface area contributed by atoms with Crippen molar-refractivity contribution in [2.45, 2.75) is 13.8 Å². The predicted octanol–water partition coefficient (Wildman–Crippen LogP) is 2.82. The molecule has 0 unspecified atom stereocenters. The molecule has 0 saturated heterocycles. The van der Waals surface area contributed by atoms with Crippen molar-refractivity contribution in [1.29, 1.82) is 0 Å². The SMILES string of the molecule is COC(=O)c1cccc(NC(=O)OCC(C)C)c1F. The Morgan fingerprint density at radius 1 is 1.37 bits per heavy atom. The van der Waals surface area contributed by atoms with E-state index < -0.39 is 17.9 Å². The third-order valence-corrected chi connectivity index (χ3v) is 2.19. The van der Waals surface area contributed by atoms with Gasteiger partial charge in [-0.25, -0.2) is 14.0 Å². The first kappa shape index (κ1) is 14.9. The molecule has 0 aliphatic carbocycles. The predicted molar refractivity (Wildman–Crippen MR) is 67.5 cm³/mol. The van der Waals surface area contributed by atoms with Crippen LogP contribution in [0.15, 0.2) is 18.2 Å². The Hall–Kier alpha value is -2.11. The lowest BCUT2D eigenvalue weighted by Crippen LogP contribution is -2.18. The van der Waals surface area contributed by atoms with Gasteiger partial charge in [0, 0.05) is 0 Å². The number of methoxy groups -OCH3 is 1. The second kappa shape index (κ2) is 6.72. The fraction of sp³-hybridized carbons (Fsp3) is 0.385. The van der Waals surface area contributed by atoms with Gasteiger partial charge in [-0.3, -0.25) is 5.32 Å². The van der Waals surface area contributed by atoms with Crippen molar-refractivity contribution in [3.8, 4) is 0 Å². The third-order valence-electron chi connectivity index (χ3n) is 2.19. The monoisotopic (exact) mass is 269 g/mol. The number of esters is 1. The molecule has 0 aliphatic heterocycles. The number of hydrogen-bond donors (Lipinski definition) is 1. The third kappa shape index (κ3) is 4.24. The molecule has 0 heterocycles. The van der Waals surface area contributed by atoms with Crippen LogP contribution in [-0.2, 0) is 9.47 Å². The van der Waals surface area contributed by atoms with Crippen LogP contribution < -0.4 is 5.32 Å². The highest BCUT2D eigenvalue weighted by atomic mass is 19.1. The topological polar surface area (TPSA) is 64.6 Å². The first-order chi connectivity index (χ1) is 8.95. The van der Waals surface area contributed by atoms with Gasteiger partial charge in [0.25, 0.3) is 0 Å². The average Bonchev–Trinajstić information content (AvgIpc) is 2.38. The molecule has 0 radical (unpaired) electrons. The number of rotatable bonds is 4. The molecule has 1 aromatic carbocycles. The number of nitrogens with one attached hydrogen (secondary N) is 1. The zero-order chi connectivity index (χ0) is 14.4. The van der Waals surface area contributed by atoms with Crippen LogP contribution in [0.5, 0.6) is 0 Å². The zero-order valence-corrected chi connectivity index (χ0v) is 11.0. The normalized spacial score (nSPS) is 10.2. The van der Waals surface area contributed by atoms with E-state index in [0.29, 0.717) is 0 Å². The van der Waals surface area contributed by atoms with E-state index in [4.69, 9.17) is 4.74 Å². The van der Waals surface area contributed by atoms with Gasteiger partial charge in [-0.15, -0.1) is 0 Å². The first-order valence-corrected chi connectivity index (χ1v) is 5.76. The molecule has 1 N–H and O–H groups in total. The maximum absolute atomic E-state index is 13.9. The summed E-state index contributed by atoms with van der Waals surface area (Å²) in [6, 6.07) is 4.04. The summed E-state index contributed by atoms with van der Waals surface area (Å²) in [6.07, 6.45) is -0.769. The second-order valence-corrected chi connectivity index (χ2v) is 4.28. The van der Waals surface area contributed by atoms with Gasteiger partial charge in [-0.05, 0) is 18.1 Å². The van der Waals surface area contributed by atoms with Crippen LogP contribution in [0.25, 0.3) is 0 Å². The van der Waals surface area contributed by atoms with Crippen LogP contribution in [0.1, 0.15) is 24.2 Å². The van der Waals surface area contributed by atoms with Gasteiger partial charge >= 0.3 is 12.1 Å².